The normalized spacial score (nSPS) is 13.9. The highest BCUT2D eigenvalue weighted by Gasteiger charge is 2.18. The molecule has 1 aliphatic heterocycles. The first-order chi connectivity index (χ1) is 13.6. The van der Waals surface area contributed by atoms with Gasteiger partial charge in [0.2, 0.25) is 5.91 Å². The van der Waals surface area contributed by atoms with Gasteiger partial charge in [-0.15, -0.1) is 0 Å². The molecule has 2 aromatic carbocycles. The van der Waals surface area contributed by atoms with Crippen LogP contribution in [0.15, 0.2) is 48.5 Å². The van der Waals surface area contributed by atoms with Gasteiger partial charge in [0.25, 0.3) is 5.91 Å². The van der Waals surface area contributed by atoms with Gasteiger partial charge in [0, 0.05) is 32.4 Å². The minimum atomic E-state index is -0.360. The average Bonchev–Trinajstić information content (AvgIpc) is 2.73. The number of para-hydroxylation sites is 1. The number of rotatable bonds is 6. The first-order valence-electron chi connectivity index (χ1n) is 9.23. The van der Waals surface area contributed by atoms with E-state index in [1.54, 1.807) is 36.2 Å². The molecule has 0 atom stereocenters. The van der Waals surface area contributed by atoms with Crippen LogP contribution in [-0.2, 0) is 16.1 Å². The first-order valence-corrected chi connectivity index (χ1v) is 9.61. The van der Waals surface area contributed by atoms with Gasteiger partial charge in [-0.1, -0.05) is 41.9 Å². The summed E-state index contributed by atoms with van der Waals surface area (Å²) in [6.07, 6.45) is 0. The predicted octanol–water partition coefficient (Wildman–Crippen LogP) is 2.57. The summed E-state index contributed by atoms with van der Waals surface area (Å²) in [4.78, 5) is 28.6. The summed E-state index contributed by atoms with van der Waals surface area (Å²) in [5.74, 6) is -0.529. The maximum atomic E-state index is 12.5. The van der Waals surface area contributed by atoms with Crippen molar-refractivity contribution in [3.8, 4) is 0 Å². The fourth-order valence-electron chi connectivity index (χ4n) is 3.13. The van der Waals surface area contributed by atoms with Crippen LogP contribution in [0.4, 0.5) is 5.69 Å². The molecule has 0 spiro atoms. The van der Waals surface area contributed by atoms with Crippen LogP contribution in [0.25, 0.3) is 0 Å². The standard InChI is InChI=1S/C21H24ClN3O3/c1-24(20(26)14-23-21(27)17-7-3-4-8-18(17)22)15-16-6-2-5-9-19(16)25-10-12-28-13-11-25/h2-9H,10-15H2,1H3,(H,23,27). The molecule has 2 aromatic rings. The first kappa shape index (κ1) is 20.2. The number of carbonyl (C=O) groups excluding carboxylic acids is 2. The molecule has 0 saturated carbocycles. The predicted molar refractivity (Wildman–Crippen MR) is 110 cm³/mol. The Bertz CT molecular complexity index is 837. The van der Waals surface area contributed by atoms with Crippen molar-refractivity contribution >= 4 is 29.1 Å². The SMILES string of the molecule is CN(Cc1ccccc1N1CCOCC1)C(=O)CNC(=O)c1ccccc1Cl. The summed E-state index contributed by atoms with van der Waals surface area (Å²) in [6, 6.07) is 14.8. The number of nitrogens with one attached hydrogen (secondary N) is 1. The van der Waals surface area contributed by atoms with Crippen LogP contribution < -0.4 is 10.2 Å². The number of hydrogen-bond donors (Lipinski definition) is 1. The number of likely N-dealkylation sites (N-methyl/N-ethyl adjacent to an activating group) is 1. The number of benzene rings is 2. The number of carbonyl (C=O) groups is 2. The Kier molecular flexibility index (Phi) is 6.90. The average molecular weight is 402 g/mol. The van der Waals surface area contributed by atoms with Crippen molar-refractivity contribution in [1.82, 2.24) is 10.2 Å². The van der Waals surface area contributed by atoms with E-state index in [0.717, 1.165) is 24.3 Å². The molecule has 2 amide bonds. The van der Waals surface area contributed by atoms with Crippen LogP contribution in [0.5, 0.6) is 0 Å². The van der Waals surface area contributed by atoms with Crippen molar-refractivity contribution in [3.63, 3.8) is 0 Å². The molecule has 28 heavy (non-hydrogen) atoms. The number of morpholine rings is 1. The van der Waals surface area contributed by atoms with E-state index < -0.39 is 0 Å². The maximum absolute atomic E-state index is 12.5. The second-order valence-corrected chi connectivity index (χ2v) is 7.05. The van der Waals surface area contributed by atoms with Gasteiger partial charge < -0.3 is 19.9 Å². The molecule has 6 nitrogen and oxygen atoms in total. The third-order valence-corrected chi connectivity index (χ3v) is 5.02. The van der Waals surface area contributed by atoms with Crippen molar-refractivity contribution in [2.75, 3.05) is 44.8 Å². The van der Waals surface area contributed by atoms with E-state index in [1.165, 1.54) is 0 Å². The summed E-state index contributed by atoms with van der Waals surface area (Å²) in [6.45, 7) is 3.47. The summed E-state index contributed by atoms with van der Waals surface area (Å²) in [5.41, 5.74) is 2.54. The topological polar surface area (TPSA) is 61.9 Å². The van der Waals surface area contributed by atoms with E-state index >= 15 is 0 Å². The van der Waals surface area contributed by atoms with Crippen molar-refractivity contribution in [3.05, 3.63) is 64.7 Å². The molecule has 1 saturated heterocycles. The highest BCUT2D eigenvalue weighted by atomic mass is 35.5. The van der Waals surface area contributed by atoms with Gasteiger partial charge in [-0.05, 0) is 23.8 Å². The van der Waals surface area contributed by atoms with E-state index in [0.29, 0.717) is 30.3 Å². The van der Waals surface area contributed by atoms with Crippen molar-refractivity contribution in [2.45, 2.75) is 6.54 Å². The summed E-state index contributed by atoms with van der Waals surface area (Å²) >= 11 is 6.03. The Balaban J connectivity index is 1.59. The lowest BCUT2D eigenvalue weighted by atomic mass is 10.1. The molecule has 1 N–H and O–H groups in total. The maximum Gasteiger partial charge on any atom is 0.253 e. The third kappa shape index (κ3) is 5.03. The van der Waals surface area contributed by atoms with Crippen LogP contribution >= 0.6 is 11.6 Å². The molecular weight excluding hydrogens is 378 g/mol. The lowest BCUT2D eigenvalue weighted by molar-refractivity contribution is -0.129. The molecule has 1 fully saturated rings. The number of hydrogen-bond acceptors (Lipinski definition) is 4. The molecular formula is C21H24ClN3O3. The summed E-state index contributed by atoms with van der Waals surface area (Å²) in [7, 11) is 1.74. The van der Waals surface area contributed by atoms with Crippen LogP contribution in [0.1, 0.15) is 15.9 Å². The van der Waals surface area contributed by atoms with E-state index in [9.17, 15) is 9.59 Å². The van der Waals surface area contributed by atoms with Crippen molar-refractivity contribution < 1.29 is 14.3 Å². The van der Waals surface area contributed by atoms with Gasteiger partial charge in [-0.2, -0.15) is 0 Å². The lowest BCUT2D eigenvalue weighted by Crippen LogP contribution is -2.39. The Morgan fingerprint density at radius 3 is 2.54 bits per heavy atom. The zero-order valence-corrected chi connectivity index (χ0v) is 16.6. The highest BCUT2D eigenvalue weighted by molar-refractivity contribution is 6.33. The van der Waals surface area contributed by atoms with Crippen LogP contribution in [-0.4, -0.2) is 56.6 Å². The second-order valence-electron chi connectivity index (χ2n) is 6.64. The Hall–Kier alpha value is -2.57. The smallest absolute Gasteiger partial charge is 0.253 e. The highest BCUT2D eigenvalue weighted by Crippen LogP contribution is 2.22. The molecule has 0 bridgehead atoms. The van der Waals surface area contributed by atoms with Crippen molar-refractivity contribution in [1.29, 1.82) is 0 Å². The molecule has 1 aliphatic rings. The van der Waals surface area contributed by atoms with Crippen molar-refractivity contribution in [2.24, 2.45) is 0 Å². The van der Waals surface area contributed by atoms with Gasteiger partial charge in [-0.3, -0.25) is 9.59 Å². The van der Waals surface area contributed by atoms with E-state index in [2.05, 4.69) is 16.3 Å². The molecule has 3 rings (SSSR count). The molecule has 7 heteroatoms. The Labute approximate surface area is 170 Å². The minimum Gasteiger partial charge on any atom is -0.378 e. The number of anilines is 1. The number of nitrogens with zero attached hydrogens (tertiary/aromatic N) is 2. The molecule has 148 valence electrons. The van der Waals surface area contributed by atoms with E-state index in [1.807, 2.05) is 18.2 Å². The second kappa shape index (κ2) is 9.57. The summed E-state index contributed by atoms with van der Waals surface area (Å²) in [5, 5.41) is 3.00. The van der Waals surface area contributed by atoms with Crippen LogP contribution in [0, 0.1) is 0 Å². The van der Waals surface area contributed by atoms with Gasteiger partial charge in [0.15, 0.2) is 0 Å². The fourth-order valence-corrected chi connectivity index (χ4v) is 3.35. The summed E-state index contributed by atoms with van der Waals surface area (Å²) < 4.78 is 5.42. The molecule has 0 aliphatic carbocycles. The zero-order valence-electron chi connectivity index (χ0n) is 15.9. The third-order valence-electron chi connectivity index (χ3n) is 4.70. The zero-order chi connectivity index (χ0) is 19.9. The number of amides is 2. The molecule has 0 aromatic heterocycles. The Morgan fingerprint density at radius 2 is 1.79 bits per heavy atom. The Morgan fingerprint density at radius 1 is 1.11 bits per heavy atom. The van der Waals surface area contributed by atoms with Gasteiger partial charge >= 0.3 is 0 Å². The number of ether oxygens (including phenoxy) is 1. The lowest BCUT2D eigenvalue weighted by Gasteiger charge is -2.31. The molecule has 0 radical (unpaired) electrons. The van der Waals surface area contributed by atoms with E-state index in [-0.39, 0.29) is 18.4 Å². The monoisotopic (exact) mass is 401 g/mol. The minimum absolute atomic E-state index is 0.0831. The largest absolute Gasteiger partial charge is 0.378 e. The molecule has 0 unspecified atom stereocenters. The van der Waals surface area contributed by atoms with Crippen LogP contribution in [0.2, 0.25) is 5.02 Å². The van der Waals surface area contributed by atoms with Gasteiger partial charge in [0.1, 0.15) is 0 Å². The number of halogens is 1. The van der Waals surface area contributed by atoms with Crippen LogP contribution in [0.3, 0.4) is 0 Å². The quantitative estimate of drug-likeness (QED) is 0.808. The van der Waals surface area contributed by atoms with Gasteiger partial charge in [0.05, 0.1) is 30.3 Å². The van der Waals surface area contributed by atoms with E-state index in [4.69, 9.17) is 16.3 Å². The molecule has 1 heterocycles. The van der Waals surface area contributed by atoms with Gasteiger partial charge in [-0.25, -0.2) is 0 Å². The fraction of sp³-hybridized carbons (Fsp3) is 0.333.